The first-order valence-corrected chi connectivity index (χ1v) is 9.05. The molecule has 0 atom stereocenters. The number of hydrogen-bond donors (Lipinski definition) is 0. The summed E-state index contributed by atoms with van der Waals surface area (Å²) in [6.07, 6.45) is 0. The quantitative estimate of drug-likeness (QED) is 0.547. The Kier molecular flexibility index (Phi) is 5.72. The van der Waals surface area contributed by atoms with Crippen LogP contribution in [-0.4, -0.2) is 16.8 Å². The van der Waals surface area contributed by atoms with E-state index in [1.807, 2.05) is 67.6 Å². The molecule has 0 spiro atoms. The van der Waals surface area contributed by atoms with Crippen LogP contribution in [0.3, 0.4) is 0 Å². The normalized spacial score (nSPS) is 10.6. The van der Waals surface area contributed by atoms with Gasteiger partial charge in [-0.05, 0) is 61.0 Å². The Balaban J connectivity index is 1.63. The van der Waals surface area contributed by atoms with Gasteiger partial charge in [0.2, 0.25) is 0 Å². The summed E-state index contributed by atoms with van der Waals surface area (Å²) in [6, 6.07) is 19.7. The van der Waals surface area contributed by atoms with Crippen molar-refractivity contribution in [3.05, 3.63) is 71.2 Å². The number of nitrogens with zero attached hydrogens (tertiary/aromatic N) is 2. The molecule has 122 valence electrons. The van der Waals surface area contributed by atoms with Crippen LogP contribution in [0.1, 0.15) is 12.5 Å². The Labute approximate surface area is 151 Å². The monoisotopic (exact) mass is 356 g/mol. The third-order valence-electron chi connectivity index (χ3n) is 3.40. The van der Waals surface area contributed by atoms with Gasteiger partial charge in [0.25, 0.3) is 0 Å². The molecule has 1 heterocycles. The molecule has 3 aromatic rings. The molecule has 2 aromatic carbocycles. The molecular formula is C19H17ClN2OS. The fraction of sp³-hybridized carbons (Fsp3) is 0.158. The smallest absolute Gasteiger partial charge is 0.119 e. The van der Waals surface area contributed by atoms with E-state index in [-0.39, 0.29) is 0 Å². The van der Waals surface area contributed by atoms with Gasteiger partial charge >= 0.3 is 0 Å². The second-order valence-electron chi connectivity index (χ2n) is 5.13. The standard InChI is InChI=1S/C19H17ClN2OS/c1-2-23-17-9-5-15(6-10-17)18-11-12-19(22-21-18)24-13-14-3-7-16(20)8-4-14/h3-12H,2,13H2,1H3. The number of thioether (sulfide) groups is 1. The highest BCUT2D eigenvalue weighted by atomic mass is 35.5. The molecule has 0 bridgehead atoms. The molecule has 0 amide bonds. The largest absolute Gasteiger partial charge is 0.494 e. The number of halogens is 1. The predicted octanol–water partition coefficient (Wildman–Crippen LogP) is 5.49. The first-order valence-electron chi connectivity index (χ1n) is 7.69. The van der Waals surface area contributed by atoms with E-state index in [4.69, 9.17) is 16.3 Å². The summed E-state index contributed by atoms with van der Waals surface area (Å²) in [7, 11) is 0. The molecule has 0 unspecified atom stereocenters. The van der Waals surface area contributed by atoms with Crippen LogP contribution < -0.4 is 4.74 Å². The molecule has 1 aromatic heterocycles. The van der Waals surface area contributed by atoms with Crippen molar-refractivity contribution in [1.82, 2.24) is 10.2 Å². The van der Waals surface area contributed by atoms with Crippen molar-refractivity contribution in [2.24, 2.45) is 0 Å². The highest BCUT2D eigenvalue weighted by molar-refractivity contribution is 7.98. The van der Waals surface area contributed by atoms with Crippen LogP contribution in [0.2, 0.25) is 5.02 Å². The van der Waals surface area contributed by atoms with E-state index in [1.54, 1.807) is 11.8 Å². The maximum atomic E-state index is 5.89. The Morgan fingerprint density at radius 3 is 2.29 bits per heavy atom. The van der Waals surface area contributed by atoms with Crippen molar-refractivity contribution >= 4 is 23.4 Å². The van der Waals surface area contributed by atoms with Gasteiger partial charge in [-0.15, -0.1) is 10.2 Å². The SMILES string of the molecule is CCOc1ccc(-c2ccc(SCc3ccc(Cl)cc3)nn2)cc1. The lowest BCUT2D eigenvalue weighted by molar-refractivity contribution is 0.340. The van der Waals surface area contributed by atoms with Crippen LogP contribution in [0.4, 0.5) is 0 Å². The van der Waals surface area contributed by atoms with Crippen LogP contribution in [-0.2, 0) is 5.75 Å². The van der Waals surface area contributed by atoms with E-state index >= 15 is 0 Å². The number of ether oxygens (including phenoxy) is 1. The Hall–Kier alpha value is -2.04. The summed E-state index contributed by atoms with van der Waals surface area (Å²) < 4.78 is 5.45. The second kappa shape index (κ2) is 8.18. The predicted molar refractivity (Wildman–Crippen MR) is 99.7 cm³/mol. The van der Waals surface area contributed by atoms with Gasteiger partial charge < -0.3 is 4.74 Å². The zero-order chi connectivity index (χ0) is 16.8. The molecule has 3 nitrogen and oxygen atoms in total. The van der Waals surface area contributed by atoms with Crippen molar-refractivity contribution in [3.63, 3.8) is 0 Å². The summed E-state index contributed by atoms with van der Waals surface area (Å²) in [5.74, 6) is 1.71. The van der Waals surface area contributed by atoms with Crippen molar-refractivity contribution in [3.8, 4) is 17.0 Å². The maximum absolute atomic E-state index is 5.89. The maximum Gasteiger partial charge on any atom is 0.119 e. The first-order chi connectivity index (χ1) is 11.7. The molecule has 0 aliphatic heterocycles. The van der Waals surface area contributed by atoms with Crippen LogP contribution >= 0.6 is 23.4 Å². The fourth-order valence-electron chi connectivity index (χ4n) is 2.18. The van der Waals surface area contributed by atoms with Gasteiger partial charge in [-0.3, -0.25) is 0 Å². The van der Waals surface area contributed by atoms with E-state index in [9.17, 15) is 0 Å². The fourth-order valence-corrected chi connectivity index (χ4v) is 3.07. The molecule has 0 aliphatic rings. The first kappa shape index (κ1) is 16.8. The topological polar surface area (TPSA) is 35.0 Å². The van der Waals surface area contributed by atoms with Gasteiger partial charge in [-0.2, -0.15) is 0 Å². The highest BCUT2D eigenvalue weighted by Gasteiger charge is 2.03. The number of aromatic nitrogens is 2. The molecule has 0 saturated heterocycles. The van der Waals surface area contributed by atoms with Gasteiger partial charge in [0.15, 0.2) is 0 Å². The zero-order valence-corrected chi connectivity index (χ0v) is 14.8. The molecule has 3 rings (SSSR count). The van der Waals surface area contributed by atoms with E-state index in [1.165, 1.54) is 5.56 Å². The van der Waals surface area contributed by atoms with Gasteiger partial charge in [0.05, 0.1) is 12.3 Å². The number of rotatable bonds is 6. The van der Waals surface area contributed by atoms with Crippen LogP contribution in [0.5, 0.6) is 5.75 Å². The molecule has 0 fully saturated rings. The van der Waals surface area contributed by atoms with Gasteiger partial charge in [0, 0.05) is 16.3 Å². The molecule has 5 heteroatoms. The molecule has 0 saturated carbocycles. The van der Waals surface area contributed by atoms with E-state index in [0.29, 0.717) is 6.61 Å². The lowest BCUT2D eigenvalue weighted by atomic mass is 10.1. The van der Waals surface area contributed by atoms with Crippen molar-refractivity contribution < 1.29 is 4.74 Å². The lowest BCUT2D eigenvalue weighted by Gasteiger charge is -2.05. The van der Waals surface area contributed by atoms with Crippen molar-refractivity contribution in [1.29, 1.82) is 0 Å². The summed E-state index contributed by atoms with van der Waals surface area (Å²) in [4.78, 5) is 0. The van der Waals surface area contributed by atoms with E-state index in [2.05, 4.69) is 10.2 Å². The summed E-state index contributed by atoms with van der Waals surface area (Å²) in [5, 5.41) is 10.3. The Morgan fingerprint density at radius 2 is 1.67 bits per heavy atom. The van der Waals surface area contributed by atoms with Gasteiger partial charge in [0.1, 0.15) is 10.8 Å². The Bertz CT molecular complexity index is 774. The summed E-state index contributed by atoms with van der Waals surface area (Å²) in [6.45, 7) is 2.64. The third kappa shape index (κ3) is 4.49. The van der Waals surface area contributed by atoms with E-state index < -0.39 is 0 Å². The summed E-state index contributed by atoms with van der Waals surface area (Å²) in [5.41, 5.74) is 3.09. The molecule has 24 heavy (non-hydrogen) atoms. The average Bonchev–Trinajstić information content (AvgIpc) is 2.63. The summed E-state index contributed by atoms with van der Waals surface area (Å²) >= 11 is 7.55. The molecule has 0 radical (unpaired) electrons. The average molecular weight is 357 g/mol. The van der Waals surface area contributed by atoms with Crippen LogP contribution in [0.25, 0.3) is 11.3 Å². The molecule has 0 aliphatic carbocycles. The number of benzene rings is 2. The zero-order valence-electron chi connectivity index (χ0n) is 13.3. The van der Waals surface area contributed by atoms with Crippen molar-refractivity contribution in [2.45, 2.75) is 17.7 Å². The van der Waals surface area contributed by atoms with Gasteiger partial charge in [-0.25, -0.2) is 0 Å². The van der Waals surface area contributed by atoms with E-state index in [0.717, 1.165) is 32.8 Å². The van der Waals surface area contributed by atoms with Gasteiger partial charge in [-0.1, -0.05) is 35.5 Å². The number of hydrogen-bond acceptors (Lipinski definition) is 4. The van der Waals surface area contributed by atoms with Crippen LogP contribution in [0, 0.1) is 0 Å². The minimum atomic E-state index is 0.665. The molecular weight excluding hydrogens is 340 g/mol. The minimum absolute atomic E-state index is 0.665. The lowest BCUT2D eigenvalue weighted by Crippen LogP contribution is -1.92. The molecule has 0 N–H and O–H groups in total. The Morgan fingerprint density at radius 1 is 0.917 bits per heavy atom. The minimum Gasteiger partial charge on any atom is -0.494 e. The van der Waals surface area contributed by atoms with Crippen LogP contribution in [0.15, 0.2) is 65.7 Å². The van der Waals surface area contributed by atoms with Crippen molar-refractivity contribution in [2.75, 3.05) is 6.61 Å². The highest BCUT2D eigenvalue weighted by Crippen LogP contribution is 2.24. The second-order valence-corrected chi connectivity index (χ2v) is 6.56. The third-order valence-corrected chi connectivity index (χ3v) is 4.64.